The van der Waals surface area contributed by atoms with Crippen LogP contribution in [0.4, 0.5) is 15.1 Å². The fourth-order valence-electron chi connectivity index (χ4n) is 5.22. The Morgan fingerprint density at radius 1 is 0.622 bits per heavy atom. The van der Waals surface area contributed by atoms with Crippen LogP contribution in [-0.2, 0) is 11.3 Å². The Balaban J connectivity index is 1.32. The highest BCUT2D eigenvalue weighted by Gasteiger charge is 2.26. The van der Waals surface area contributed by atoms with Crippen molar-refractivity contribution in [1.82, 2.24) is 14.5 Å². The summed E-state index contributed by atoms with van der Waals surface area (Å²) in [5.74, 6) is 0. The first-order valence-corrected chi connectivity index (χ1v) is 15.1. The van der Waals surface area contributed by atoms with E-state index in [9.17, 15) is 24.0 Å². The van der Waals surface area contributed by atoms with Crippen LogP contribution in [0.3, 0.4) is 0 Å². The number of rotatable bonds is 4. The van der Waals surface area contributed by atoms with Crippen molar-refractivity contribution in [2.45, 2.75) is 6.61 Å². The molecule has 45 heavy (non-hydrogen) atoms. The third-order valence-corrected chi connectivity index (χ3v) is 9.36. The van der Waals surface area contributed by atoms with Crippen LogP contribution in [0.15, 0.2) is 108 Å². The van der Waals surface area contributed by atoms with Crippen molar-refractivity contribution in [1.29, 1.82) is 0 Å². The SMILES string of the molecule is O=C(OCc1ccccc1)n1c2nc(N=c3c(=O)c4ccccc4c3=O)sc2c2sc(N=c3c(=O)c4ccccc4c3=O)nc21. The molecule has 0 saturated heterocycles. The van der Waals surface area contributed by atoms with Crippen LogP contribution in [0.2, 0.25) is 0 Å². The molecule has 8 aromatic rings. The summed E-state index contributed by atoms with van der Waals surface area (Å²) in [7, 11) is 0. The summed E-state index contributed by atoms with van der Waals surface area (Å²) in [6.45, 7) is -0.0258. The van der Waals surface area contributed by atoms with Crippen LogP contribution < -0.4 is 32.4 Å². The molecule has 0 amide bonds. The van der Waals surface area contributed by atoms with Crippen LogP contribution in [-0.4, -0.2) is 20.6 Å². The molecular weight excluding hydrogens is 615 g/mol. The second-order valence-electron chi connectivity index (χ2n) is 10.0. The zero-order valence-electron chi connectivity index (χ0n) is 22.7. The zero-order valence-corrected chi connectivity index (χ0v) is 24.3. The van der Waals surface area contributed by atoms with Gasteiger partial charge in [-0.15, -0.1) is 0 Å². The standard InChI is InChI=1S/C32H15N5O6S2/c38-22-16-10-4-5-11-17(16)23(39)20(22)33-30-35-28-26(44-30)27-29(37(28)32(42)43-14-15-8-2-1-3-9-15)36-31(45-27)34-21-24(40)18-12-6-7-13-19(18)25(21)41/h1-13H,14H2. The van der Waals surface area contributed by atoms with Gasteiger partial charge < -0.3 is 4.74 Å². The molecule has 0 unspecified atom stereocenters. The summed E-state index contributed by atoms with van der Waals surface area (Å²) in [4.78, 5) is 82.9. The lowest BCUT2D eigenvalue weighted by Gasteiger charge is -2.05. The molecule has 0 saturated carbocycles. The van der Waals surface area contributed by atoms with Gasteiger partial charge in [-0.1, -0.05) is 102 Å². The first-order valence-electron chi connectivity index (χ1n) is 13.5. The molecule has 0 N–H and O–H groups in total. The van der Waals surface area contributed by atoms with E-state index in [0.29, 0.717) is 9.40 Å². The van der Waals surface area contributed by atoms with Crippen molar-refractivity contribution < 1.29 is 9.53 Å². The molecule has 3 aromatic heterocycles. The molecule has 3 heterocycles. The predicted molar refractivity (Wildman–Crippen MR) is 171 cm³/mol. The lowest BCUT2D eigenvalue weighted by molar-refractivity contribution is 0.143. The smallest absolute Gasteiger partial charge is 0.421 e. The highest BCUT2D eigenvalue weighted by Crippen LogP contribution is 2.41. The maximum absolute atomic E-state index is 13.5. The second-order valence-corrected chi connectivity index (χ2v) is 12.0. The average Bonchev–Trinajstić information content (AvgIpc) is 3.83. The number of fused-ring (bicyclic) bond motifs is 5. The summed E-state index contributed by atoms with van der Waals surface area (Å²) in [5.41, 5.74) is -0.927. The van der Waals surface area contributed by atoms with Gasteiger partial charge in [0, 0.05) is 21.5 Å². The molecule has 216 valence electrons. The highest BCUT2D eigenvalue weighted by molar-refractivity contribution is 7.30. The maximum Gasteiger partial charge on any atom is 0.421 e. The molecule has 0 aliphatic rings. The number of hydrogen-bond acceptors (Lipinski definition) is 12. The topological polar surface area (TPSA) is 150 Å². The van der Waals surface area contributed by atoms with Gasteiger partial charge in [-0.25, -0.2) is 19.3 Å². The highest BCUT2D eigenvalue weighted by atomic mass is 32.1. The number of hydrogen-bond donors (Lipinski definition) is 0. The molecule has 0 aliphatic heterocycles. The maximum atomic E-state index is 13.5. The van der Waals surface area contributed by atoms with Crippen LogP contribution in [0.5, 0.6) is 0 Å². The number of carbonyl (C=O) groups excluding carboxylic acids is 1. The normalized spacial score (nSPS) is 11.6. The van der Waals surface area contributed by atoms with E-state index in [1.54, 1.807) is 48.5 Å². The predicted octanol–water partition coefficient (Wildman–Crippen LogP) is 3.86. The number of nitrogens with zero attached hydrogens (tertiary/aromatic N) is 5. The lowest BCUT2D eigenvalue weighted by Crippen LogP contribution is -2.31. The molecule has 0 atom stereocenters. The van der Waals surface area contributed by atoms with E-state index in [0.717, 1.165) is 32.8 Å². The molecule has 11 nitrogen and oxygen atoms in total. The van der Waals surface area contributed by atoms with Crippen molar-refractivity contribution in [2.75, 3.05) is 0 Å². The molecule has 0 bridgehead atoms. The minimum Gasteiger partial charge on any atom is -0.444 e. The molecule has 5 aromatic carbocycles. The summed E-state index contributed by atoms with van der Waals surface area (Å²) >= 11 is 2.10. The quantitative estimate of drug-likeness (QED) is 0.285. The van der Waals surface area contributed by atoms with Crippen molar-refractivity contribution in [2.24, 2.45) is 9.98 Å². The van der Waals surface area contributed by atoms with Gasteiger partial charge in [-0.3, -0.25) is 19.2 Å². The Morgan fingerprint density at radius 2 is 1.02 bits per heavy atom. The Kier molecular flexibility index (Phi) is 6.04. The van der Waals surface area contributed by atoms with Crippen molar-refractivity contribution in [3.05, 3.63) is 136 Å². The summed E-state index contributed by atoms with van der Waals surface area (Å²) < 4.78 is 7.71. The van der Waals surface area contributed by atoms with E-state index >= 15 is 0 Å². The fraction of sp³-hybridized carbons (Fsp3) is 0.0312. The van der Waals surface area contributed by atoms with Crippen molar-refractivity contribution in [3.63, 3.8) is 0 Å². The summed E-state index contributed by atoms with van der Waals surface area (Å²) in [6, 6.07) is 22.0. The number of ether oxygens (including phenoxy) is 1. The summed E-state index contributed by atoms with van der Waals surface area (Å²) in [5, 5.41) is 0.688. The largest absolute Gasteiger partial charge is 0.444 e. The number of thiazole rings is 2. The second kappa shape index (κ2) is 10.1. The number of carbonyl (C=O) groups is 1. The van der Waals surface area contributed by atoms with Crippen molar-refractivity contribution >= 4 is 81.3 Å². The van der Waals surface area contributed by atoms with Crippen molar-refractivity contribution in [3.8, 4) is 0 Å². The molecule has 13 heteroatoms. The third kappa shape index (κ3) is 4.20. The van der Waals surface area contributed by atoms with E-state index in [4.69, 9.17) is 4.74 Å². The van der Waals surface area contributed by atoms with E-state index in [2.05, 4.69) is 20.0 Å². The molecule has 0 radical (unpaired) electrons. The van der Waals surface area contributed by atoms with E-state index in [1.807, 2.05) is 30.3 Å². The number of aromatic nitrogens is 3. The van der Waals surface area contributed by atoms with Crippen LogP contribution in [0.25, 0.3) is 42.2 Å². The number of benzene rings is 3. The minimum absolute atomic E-state index is 0.0258. The van der Waals surface area contributed by atoms with Crippen LogP contribution in [0, 0.1) is 0 Å². The Morgan fingerprint density at radius 3 is 1.44 bits per heavy atom. The monoisotopic (exact) mass is 629 g/mol. The molecule has 0 spiro atoms. The molecule has 0 fully saturated rings. The Labute approximate surface area is 257 Å². The fourth-order valence-corrected chi connectivity index (χ4v) is 7.20. The van der Waals surface area contributed by atoms with Crippen LogP contribution in [0.1, 0.15) is 5.56 Å². The van der Waals surface area contributed by atoms with Gasteiger partial charge in [0.15, 0.2) is 22.0 Å². The van der Waals surface area contributed by atoms with Crippen LogP contribution >= 0.6 is 22.7 Å². The van der Waals surface area contributed by atoms with Gasteiger partial charge in [0.05, 0.1) is 9.40 Å². The van der Waals surface area contributed by atoms with Gasteiger partial charge in [-0.2, -0.15) is 9.97 Å². The van der Waals surface area contributed by atoms with E-state index in [1.165, 1.54) is 0 Å². The summed E-state index contributed by atoms with van der Waals surface area (Å²) in [6.07, 6.45) is -0.784. The molecule has 0 aliphatic carbocycles. The first kappa shape index (κ1) is 26.8. The minimum atomic E-state index is -0.784. The third-order valence-electron chi connectivity index (χ3n) is 7.32. The van der Waals surface area contributed by atoms with Gasteiger partial charge in [0.2, 0.25) is 32.0 Å². The van der Waals surface area contributed by atoms with Gasteiger partial charge in [0.1, 0.15) is 6.61 Å². The molecule has 8 rings (SSSR count). The lowest BCUT2D eigenvalue weighted by atomic mass is 10.2. The first-order chi connectivity index (χ1) is 21.9. The average molecular weight is 630 g/mol. The van der Waals surface area contributed by atoms with E-state index in [-0.39, 0.29) is 60.4 Å². The Hall–Kier alpha value is -5.79. The zero-order chi connectivity index (χ0) is 30.8. The van der Waals surface area contributed by atoms with Gasteiger partial charge >= 0.3 is 6.09 Å². The van der Waals surface area contributed by atoms with Gasteiger partial charge in [0.25, 0.3) is 0 Å². The Bertz CT molecular complexity index is 2570. The van der Waals surface area contributed by atoms with Gasteiger partial charge in [-0.05, 0) is 5.56 Å². The van der Waals surface area contributed by atoms with E-state index < -0.39 is 27.8 Å². The molecular formula is C32H15N5O6S2.